The molecule has 6 nitrogen and oxygen atoms in total. The first-order valence-corrected chi connectivity index (χ1v) is 11.2. The number of amides is 1. The van der Waals surface area contributed by atoms with E-state index >= 15 is 0 Å². The van der Waals surface area contributed by atoms with Crippen LogP contribution in [0.2, 0.25) is 0 Å². The molecule has 2 fully saturated rings. The number of halogens is 2. The van der Waals surface area contributed by atoms with Crippen LogP contribution >= 0.6 is 0 Å². The molecular weight excluding hydrogens is 424 g/mol. The first kappa shape index (κ1) is 20.1. The van der Waals surface area contributed by atoms with Crippen LogP contribution in [0.25, 0.3) is 5.65 Å². The van der Waals surface area contributed by atoms with E-state index in [1.165, 1.54) is 12.2 Å². The second kappa shape index (κ2) is 7.23. The van der Waals surface area contributed by atoms with Crippen LogP contribution in [0.3, 0.4) is 0 Å². The number of aryl methyl sites for hydroxylation is 1. The van der Waals surface area contributed by atoms with Gasteiger partial charge in [-0.05, 0) is 56.0 Å². The van der Waals surface area contributed by atoms with E-state index in [1.807, 2.05) is 25.1 Å². The second-order valence-corrected chi connectivity index (χ2v) is 9.19. The van der Waals surface area contributed by atoms with Gasteiger partial charge < -0.3 is 10.2 Å². The Morgan fingerprint density at radius 3 is 2.79 bits per heavy atom. The molecule has 3 aromatic rings. The third-order valence-electron chi connectivity index (χ3n) is 7.28. The molecule has 1 N–H and O–H groups in total. The Hall–Kier alpha value is -3.55. The van der Waals surface area contributed by atoms with Crippen molar-refractivity contribution in [2.45, 2.75) is 31.7 Å². The quantitative estimate of drug-likeness (QED) is 0.612. The lowest BCUT2D eigenvalue weighted by Gasteiger charge is -2.36. The number of hydrogen-bond donors (Lipinski definition) is 1. The first-order chi connectivity index (χ1) is 16.0. The van der Waals surface area contributed by atoms with Crippen molar-refractivity contribution in [1.29, 1.82) is 0 Å². The Bertz CT molecular complexity index is 1330. The maximum Gasteiger partial charge on any atom is 0.255 e. The summed E-state index contributed by atoms with van der Waals surface area (Å²) in [5.41, 5.74) is 2.19. The van der Waals surface area contributed by atoms with Crippen molar-refractivity contribution < 1.29 is 13.6 Å². The molecule has 168 valence electrons. The van der Waals surface area contributed by atoms with E-state index < -0.39 is 11.5 Å². The van der Waals surface area contributed by atoms with Gasteiger partial charge in [0.2, 0.25) is 0 Å². The lowest BCUT2D eigenvalue weighted by Crippen LogP contribution is -2.42. The highest BCUT2D eigenvalue weighted by Gasteiger charge is 2.67. The van der Waals surface area contributed by atoms with E-state index in [0.717, 1.165) is 24.9 Å². The zero-order chi connectivity index (χ0) is 22.7. The lowest BCUT2D eigenvalue weighted by molar-refractivity contribution is 0.102. The number of nitrogens with zero attached hydrogens (tertiary/aromatic N) is 4. The largest absolute Gasteiger partial charge is 0.350 e. The smallest absolute Gasteiger partial charge is 0.255 e. The number of rotatable bonds is 4. The van der Waals surface area contributed by atoms with Gasteiger partial charge in [-0.1, -0.05) is 17.7 Å². The molecule has 8 heteroatoms. The zero-order valence-electron chi connectivity index (χ0n) is 18.1. The summed E-state index contributed by atoms with van der Waals surface area (Å²) in [4.78, 5) is 19.6. The summed E-state index contributed by atoms with van der Waals surface area (Å²) in [6, 6.07) is 9.17. The predicted molar refractivity (Wildman–Crippen MR) is 121 cm³/mol. The second-order valence-electron chi connectivity index (χ2n) is 9.19. The monoisotopic (exact) mass is 447 g/mol. The minimum Gasteiger partial charge on any atom is -0.350 e. The average molecular weight is 447 g/mol. The molecule has 1 saturated heterocycles. The van der Waals surface area contributed by atoms with E-state index in [9.17, 15) is 13.6 Å². The highest BCUT2D eigenvalue weighted by molar-refractivity contribution is 6.06. The number of nitrogens with one attached hydrogen (secondary N) is 1. The molecular formula is C25H23F2N5O. The summed E-state index contributed by atoms with van der Waals surface area (Å²) in [6.45, 7) is 2.70. The Balaban J connectivity index is 1.31. The van der Waals surface area contributed by atoms with Crippen LogP contribution in [-0.2, 0) is 0 Å². The molecule has 0 bridgehead atoms. The molecule has 3 aliphatic rings. The van der Waals surface area contributed by atoms with Crippen LogP contribution < -0.4 is 10.2 Å². The van der Waals surface area contributed by atoms with E-state index in [2.05, 4.69) is 15.3 Å². The predicted octanol–water partition coefficient (Wildman–Crippen LogP) is 4.99. The summed E-state index contributed by atoms with van der Waals surface area (Å²) in [6.07, 6.45) is 7.68. The van der Waals surface area contributed by atoms with Crippen molar-refractivity contribution in [2.24, 2.45) is 11.8 Å². The molecule has 1 amide bonds. The normalized spacial score (nSPS) is 26.1. The average Bonchev–Trinajstić information content (AvgIpc) is 3.21. The molecule has 2 aromatic heterocycles. The molecule has 0 radical (unpaired) electrons. The van der Waals surface area contributed by atoms with Gasteiger partial charge in [-0.2, -0.15) is 5.10 Å². The summed E-state index contributed by atoms with van der Waals surface area (Å²) >= 11 is 0. The molecule has 1 aliphatic heterocycles. The number of allylic oxidation sites excluding steroid dienone is 3. The molecule has 2 aliphatic carbocycles. The Morgan fingerprint density at radius 1 is 1.18 bits per heavy atom. The summed E-state index contributed by atoms with van der Waals surface area (Å²) in [5, 5.41) is 7.20. The number of aromatic nitrogens is 3. The summed E-state index contributed by atoms with van der Waals surface area (Å²) in [7, 11) is 0. The van der Waals surface area contributed by atoms with Crippen molar-refractivity contribution in [3.05, 3.63) is 77.7 Å². The van der Waals surface area contributed by atoms with E-state index in [-0.39, 0.29) is 24.0 Å². The minimum absolute atomic E-state index is 0.0854. The maximum absolute atomic E-state index is 14.8. The molecule has 3 atom stereocenters. The molecule has 1 unspecified atom stereocenters. The minimum atomic E-state index is -0.501. The van der Waals surface area contributed by atoms with E-state index in [1.54, 1.807) is 29.0 Å². The van der Waals surface area contributed by atoms with Gasteiger partial charge in [0.15, 0.2) is 5.65 Å². The van der Waals surface area contributed by atoms with Crippen LogP contribution in [0.15, 0.2) is 66.5 Å². The third-order valence-corrected chi connectivity index (χ3v) is 7.28. The van der Waals surface area contributed by atoms with Gasteiger partial charge in [0.25, 0.3) is 5.91 Å². The SMILES string of the molecule is Cc1ccc(C(=O)Nc2cnn3ccc(N4CC[C@H]5C[C@]54C4CC(F)=CC=C4F)nc23)cc1. The van der Waals surface area contributed by atoms with E-state index in [4.69, 9.17) is 4.98 Å². The summed E-state index contributed by atoms with van der Waals surface area (Å²) in [5.74, 6) is -0.268. The van der Waals surface area contributed by atoms with Gasteiger partial charge in [-0.3, -0.25) is 4.79 Å². The highest BCUT2D eigenvalue weighted by Crippen LogP contribution is 2.63. The number of anilines is 2. The van der Waals surface area contributed by atoms with Gasteiger partial charge >= 0.3 is 0 Å². The molecule has 0 spiro atoms. The Labute approximate surface area is 189 Å². The van der Waals surface area contributed by atoms with Gasteiger partial charge in [0, 0.05) is 30.6 Å². The Kier molecular flexibility index (Phi) is 4.40. The molecule has 6 rings (SSSR count). The van der Waals surface area contributed by atoms with Gasteiger partial charge in [-0.15, -0.1) is 0 Å². The maximum atomic E-state index is 14.8. The fourth-order valence-corrected chi connectivity index (χ4v) is 5.51. The fraction of sp³-hybridized carbons (Fsp3) is 0.320. The standard InChI is InChI=1S/C25H23F2N5O/c1-15-2-4-16(5-3-15)24(33)29-21-14-28-32-11-9-22(30-23(21)32)31-10-8-17-13-25(17,31)19-12-18(26)6-7-20(19)27/h2-7,9,11,14,17,19H,8,10,12-13H2,1H3,(H,29,33)/t17-,19?,25+/m0/s1. The van der Waals surface area contributed by atoms with Gasteiger partial charge in [0.05, 0.1) is 11.7 Å². The topological polar surface area (TPSA) is 62.5 Å². The molecule has 3 heterocycles. The zero-order valence-corrected chi connectivity index (χ0v) is 18.1. The fourth-order valence-electron chi connectivity index (χ4n) is 5.51. The van der Waals surface area contributed by atoms with Crippen molar-refractivity contribution in [1.82, 2.24) is 14.6 Å². The molecule has 1 aromatic carbocycles. The van der Waals surface area contributed by atoms with Gasteiger partial charge in [0.1, 0.15) is 23.2 Å². The molecule has 1 saturated carbocycles. The first-order valence-electron chi connectivity index (χ1n) is 11.2. The van der Waals surface area contributed by atoms with Crippen molar-refractivity contribution in [3.8, 4) is 0 Å². The van der Waals surface area contributed by atoms with Crippen LogP contribution in [0.5, 0.6) is 0 Å². The van der Waals surface area contributed by atoms with Crippen LogP contribution in [0, 0.1) is 18.8 Å². The van der Waals surface area contributed by atoms with Crippen molar-refractivity contribution in [2.75, 3.05) is 16.8 Å². The van der Waals surface area contributed by atoms with Crippen molar-refractivity contribution >= 4 is 23.1 Å². The highest BCUT2D eigenvalue weighted by atomic mass is 19.1. The number of benzene rings is 1. The van der Waals surface area contributed by atoms with E-state index in [0.29, 0.717) is 28.6 Å². The van der Waals surface area contributed by atoms with Gasteiger partial charge in [-0.25, -0.2) is 18.3 Å². The number of carbonyl (C=O) groups is 1. The van der Waals surface area contributed by atoms with Crippen molar-refractivity contribution in [3.63, 3.8) is 0 Å². The third kappa shape index (κ3) is 3.15. The number of fused-ring (bicyclic) bond motifs is 2. The van der Waals surface area contributed by atoms with Crippen LogP contribution in [0.1, 0.15) is 35.2 Å². The van der Waals surface area contributed by atoms with Crippen LogP contribution in [-0.4, -0.2) is 32.6 Å². The summed E-state index contributed by atoms with van der Waals surface area (Å²) < 4.78 is 30.4. The number of piperidine rings is 1. The lowest BCUT2D eigenvalue weighted by atomic mass is 9.87. The number of carbonyl (C=O) groups excluding carboxylic acids is 1. The number of hydrogen-bond acceptors (Lipinski definition) is 4. The Morgan fingerprint density at radius 2 is 2.00 bits per heavy atom. The van der Waals surface area contributed by atoms with Crippen LogP contribution in [0.4, 0.5) is 20.3 Å². The molecule has 33 heavy (non-hydrogen) atoms.